The summed E-state index contributed by atoms with van der Waals surface area (Å²) in [6, 6.07) is 1.25. The Kier molecular flexibility index (Phi) is 3.41. The highest BCUT2D eigenvalue weighted by molar-refractivity contribution is 5.95. The Morgan fingerprint density at radius 3 is 2.72 bits per heavy atom. The molecule has 0 unspecified atom stereocenters. The van der Waals surface area contributed by atoms with Gasteiger partial charge in [0.15, 0.2) is 5.76 Å². The van der Waals surface area contributed by atoms with Crippen LogP contribution in [0.25, 0.3) is 0 Å². The van der Waals surface area contributed by atoms with Crippen LogP contribution in [-0.4, -0.2) is 23.5 Å². The van der Waals surface area contributed by atoms with E-state index in [1.807, 2.05) is 0 Å². The first-order chi connectivity index (χ1) is 8.56. The van der Waals surface area contributed by atoms with Crippen LogP contribution in [0.1, 0.15) is 53.5 Å². The van der Waals surface area contributed by atoms with Gasteiger partial charge in [-0.3, -0.25) is 4.79 Å². The molecule has 1 aromatic rings. The largest absolute Gasteiger partial charge is 0.478 e. The van der Waals surface area contributed by atoms with Crippen molar-refractivity contribution >= 4 is 11.9 Å². The van der Waals surface area contributed by atoms with Gasteiger partial charge in [0, 0.05) is 12.6 Å². The Morgan fingerprint density at radius 2 is 2.22 bits per heavy atom. The minimum absolute atomic E-state index is 0.00477. The Hall–Kier alpha value is -1.78. The first-order valence-electron chi connectivity index (χ1n) is 6.16. The van der Waals surface area contributed by atoms with E-state index in [1.54, 1.807) is 0 Å². The van der Waals surface area contributed by atoms with E-state index in [0.717, 1.165) is 31.9 Å². The lowest BCUT2D eigenvalue weighted by Gasteiger charge is -2.13. The summed E-state index contributed by atoms with van der Waals surface area (Å²) in [7, 11) is 0. The van der Waals surface area contributed by atoms with E-state index in [2.05, 4.69) is 12.2 Å². The molecule has 0 spiro atoms. The van der Waals surface area contributed by atoms with Gasteiger partial charge in [0.1, 0.15) is 6.26 Å². The molecule has 0 atom stereocenters. The molecule has 5 nitrogen and oxygen atoms in total. The van der Waals surface area contributed by atoms with E-state index < -0.39 is 5.97 Å². The zero-order chi connectivity index (χ0) is 13.2. The summed E-state index contributed by atoms with van der Waals surface area (Å²) < 4.78 is 4.94. The normalized spacial score (nSPS) is 16.3. The highest BCUT2D eigenvalue weighted by Gasteiger charge is 2.41. The van der Waals surface area contributed by atoms with Gasteiger partial charge in [0.25, 0.3) is 5.91 Å². The van der Waals surface area contributed by atoms with E-state index in [1.165, 1.54) is 6.07 Å². The number of carboxylic acids is 1. The number of hydrogen-bond donors (Lipinski definition) is 2. The summed E-state index contributed by atoms with van der Waals surface area (Å²) in [4.78, 5) is 22.4. The van der Waals surface area contributed by atoms with Crippen molar-refractivity contribution in [2.75, 3.05) is 6.54 Å². The fraction of sp³-hybridized carbons (Fsp3) is 0.538. The summed E-state index contributed by atoms with van der Waals surface area (Å²) in [6.45, 7) is 2.77. The summed E-state index contributed by atoms with van der Waals surface area (Å²) in [6.07, 6.45) is 5.61. The van der Waals surface area contributed by atoms with Crippen molar-refractivity contribution in [2.24, 2.45) is 5.41 Å². The molecule has 1 fully saturated rings. The molecule has 1 aliphatic rings. The molecule has 2 rings (SSSR count). The van der Waals surface area contributed by atoms with E-state index >= 15 is 0 Å². The Bertz CT molecular complexity index is 459. The van der Waals surface area contributed by atoms with E-state index in [9.17, 15) is 9.59 Å². The van der Waals surface area contributed by atoms with Crippen molar-refractivity contribution in [3.63, 3.8) is 0 Å². The number of hydrogen-bond acceptors (Lipinski definition) is 3. The zero-order valence-electron chi connectivity index (χ0n) is 10.4. The number of carbonyl (C=O) groups excluding carboxylic acids is 1. The number of carbonyl (C=O) groups is 2. The molecule has 1 saturated carbocycles. The molecule has 0 aromatic carbocycles. The highest BCUT2D eigenvalue weighted by Crippen LogP contribution is 2.48. The second-order valence-electron chi connectivity index (χ2n) is 4.94. The van der Waals surface area contributed by atoms with Crippen LogP contribution in [0.15, 0.2) is 16.7 Å². The lowest BCUT2D eigenvalue weighted by Crippen LogP contribution is -2.29. The monoisotopic (exact) mass is 251 g/mol. The molecule has 0 saturated heterocycles. The lowest BCUT2D eigenvalue weighted by atomic mass is 10.0. The predicted octanol–water partition coefficient (Wildman–Crippen LogP) is 2.29. The van der Waals surface area contributed by atoms with Crippen LogP contribution in [0.3, 0.4) is 0 Å². The first kappa shape index (κ1) is 12.7. The number of nitrogens with one attached hydrogen (secondary N) is 1. The first-order valence-corrected chi connectivity index (χ1v) is 6.16. The quantitative estimate of drug-likeness (QED) is 0.813. The third-order valence-corrected chi connectivity index (χ3v) is 3.43. The molecule has 0 radical (unpaired) electrons. The van der Waals surface area contributed by atoms with Gasteiger partial charge >= 0.3 is 5.97 Å². The maximum atomic E-state index is 11.8. The lowest BCUT2D eigenvalue weighted by molar-refractivity contribution is 0.0696. The second-order valence-corrected chi connectivity index (χ2v) is 4.94. The maximum Gasteiger partial charge on any atom is 0.338 e. The maximum absolute atomic E-state index is 11.8. The van der Waals surface area contributed by atoms with E-state index in [-0.39, 0.29) is 22.6 Å². The van der Waals surface area contributed by atoms with Gasteiger partial charge in [-0.15, -0.1) is 0 Å². The number of amides is 1. The number of furan rings is 1. The molecule has 5 heteroatoms. The van der Waals surface area contributed by atoms with Gasteiger partial charge in [-0.2, -0.15) is 0 Å². The van der Waals surface area contributed by atoms with Crippen LogP contribution in [0.4, 0.5) is 0 Å². The van der Waals surface area contributed by atoms with Crippen LogP contribution in [0.2, 0.25) is 0 Å². The molecular formula is C13H17NO4. The molecular weight excluding hydrogens is 234 g/mol. The van der Waals surface area contributed by atoms with Crippen molar-refractivity contribution in [3.05, 3.63) is 23.7 Å². The number of carboxylic acid groups (broad SMARTS) is 1. The smallest absolute Gasteiger partial charge is 0.338 e. The minimum Gasteiger partial charge on any atom is -0.478 e. The third kappa shape index (κ3) is 2.72. The SMILES string of the molecule is CCCC1(CNC(=O)c2cc(C(=O)O)co2)CC1. The molecule has 0 bridgehead atoms. The van der Waals surface area contributed by atoms with Crippen LogP contribution in [0.5, 0.6) is 0 Å². The molecule has 18 heavy (non-hydrogen) atoms. The van der Waals surface area contributed by atoms with Crippen LogP contribution in [-0.2, 0) is 0 Å². The van der Waals surface area contributed by atoms with Crippen LogP contribution < -0.4 is 5.32 Å². The molecule has 2 N–H and O–H groups in total. The van der Waals surface area contributed by atoms with Gasteiger partial charge in [-0.05, 0) is 24.7 Å². The van der Waals surface area contributed by atoms with Crippen molar-refractivity contribution in [3.8, 4) is 0 Å². The van der Waals surface area contributed by atoms with Gasteiger partial charge in [-0.25, -0.2) is 4.79 Å². The van der Waals surface area contributed by atoms with E-state index in [0.29, 0.717) is 6.54 Å². The van der Waals surface area contributed by atoms with Gasteiger partial charge in [0.2, 0.25) is 0 Å². The fourth-order valence-electron chi connectivity index (χ4n) is 2.14. The van der Waals surface area contributed by atoms with E-state index in [4.69, 9.17) is 9.52 Å². The fourth-order valence-corrected chi connectivity index (χ4v) is 2.14. The summed E-state index contributed by atoms with van der Waals surface area (Å²) in [5, 5.41) is 11.5. The average molecular weight is 251 g/mol. The summed E-state index contributed by atoms with van der Waals surface area (Å²) in [5.41, 5.74) is 0.266. The predicted molar refractivity (Wildman–Crippen MR) is 64.6 cm³/mol. The summed E-state index contributed by atoms with van der Waals surface area (Å²) in [5.74, 6) is -1.38. The zero-order valence-corrected chi connectivity index (χ0v) is 10.4. The molecule has 1 heterocycles. The minimum atomic E-state index is -1.09. The summed E-state index contributed by atoms with van der Waals surface area (Å²) >= 11 is 0. The molecule has 1 amide bonds. The average Bonchev–Trinajstić information content (AvgIpc) is 2.92. The van der Waals surface area contributed by atoms with Crippen LogP contribution >= 0.6 is 0 Å². The molecule has 1 aromatic heterocycles. The van der Waals surface area contributed by atoms with Crippen molar-refractivity contribution in [2.45, 2.75) is 32.6 Å². The van der Waals surface area contributed by atoms with Crippen molar-refractivity contribution < 1.29 is 19.1 Å². The Morgan fingerprint density at radius 1 is 1.50 bits per heavy atom. The van der Waals surface area contributed by atoms with Gasteiger partial charge in [-0.1, -0.05) is 13.3 Å². The van der Waals surface area contributed by atoms with Gasteiger partial charge in [0.05, 0.1) is 5.56 Å². The third-order valence-electron chi connectivity index (χ3n) is 3.43. The Balaban J connectivity index is 1.89. The molecule has 0 aliphatic heterocycles. The highest BCUT2D eigenvalue weighted by atomic mass is 16.4. The topological polar surface area (TPSA) is 79.5 Å². The van der Waals surface area contributed by atoms with Gasteiger partial charge < -0.3 is 14.8 Å². The van der Waals surface area contributed by atoms with Crippen molar-refractivity contribution in [1.82, 2.24) is 5.32 Å². The van der Waals surface area contributed by atoms with Crippen LogP contribution in [0, 0.1) is 5.41 Å². The molecule has 1 aliphatic carbocycles. The number of rotatable bonds is 6. The standard InChI is InChI=1S/C13H17NO4/c1-2-3-13(4-5-13)8-14-11(15)10-6-9(7-18-10)12(16)17/h6-7H,2-5,8H2,1H3,(H,14,15)(H,16,17). The Labute approximate surface area is 105 Å². The second kappa shape index (κ2) is 4.84. The number of aromatic carboxylic acids is 1. The van der Waals surface area contributed by atoms with Crippen molar-refractivity contribution in [1.29, 1.82) is 0 Å². The molecule has 98 valence electrons.